The second-order valence-corrected chi connectivity index (χ2v) is 7.67. The van der Waals surface area contributed by atoms with Gasteiger partial charge in [0.1, 0.15) is 0 Å². The first kappa shape index (κ1) is 14.1. The fourth-order valence-corrected chi connectivity index (χ4v) is 3.61. The molecule has 0 fully saturated rings. The van der Waals surface area contributed by atoms with E-state index in [2.05, 4.69) is 26.0 Å². The van der Waals surface area contributed by atoms with Crippen molar-refractivity contribution >= 4 is 37.3 Å². The zero-order valence-corrected chi connectivity index (χ0v) is 12.2. The van der Waals surface area contributed by atoms with Gasteiger partial charge in [0.15, 0.2) is 0 Å². The van der Waals surface area contributed by atoms with Crippen LogP contribution in [0.3, 0.4) is 0 Å². The normalized spacial score (nSPS) is 11.9. The molecule has 0 aliphatic rings. The molecule has 0 saturated heterocycles. The van der Waals surface area contributed by atoms with Crippen molar-refractivity contribution in [3.63, 3.8) is 0 Å². The predicted molar refractivity (Wildman–Crippen MR) is 71.2 cm³/mol. The molecule has 0 spiro atoms. The Morgan fingerprint density at radius 2 is 2.19 bits per heavy atom. The van der Waals surface area contributed by atoms with Crippen LogP contribution >= 0.6 is 27.3 Å². The third kappa shape index (κ3) is 5.40. The van der Waals surface area contributed by atoms with Gasteiger partial charge in [-0.05, 0) is 28.1 Å². The summed E-state index contributed by atoms with van der Waals surface area (Å²) in [5, 5.41) is 3.10. The lowest BCUT2D eigenvalue weighted by atomic mass is 10.4. The molecule has 16 heavy (non-hydrogen) atoms. The van der Waals surface area contributed by atoms with Crippen molar-refractivity contribution in [3.05, 3.63) is 20.8 Å². The molecule has 0 bridgehead atoms. The van der Waals surface area contributed by atoms with Gasteiger partial charge in [0.2, 0.25) is 10.0 Å². The number of hydrogen-bond donors (Lipinski definition) is 2. The van der Waals surface area contributed by atoms with Crippen molar-refractivity contribution in [2.75, 3.05) is 18.8 Å². The van der Waals surface area contributed by atoms with E-state index >= 15 is 0 Å². The van der Waals surface area contributed by atoms with Gasteiger partial charge in [-0.2, -0.15) is 0 Å². The minimum absolute atomic E-state index is 0.118. The number of nitrogens with one attached hydrogen (secondary N) is 2. The molecular weight excluding hydrogens is 312 g/mol. The van der Waals surface area contributed by atoms with Crippen LogP contribution in [0.5, 0.6) is 0 Å². The zero-order valence-electron chi connectivity index (χ0n) is 8.99. The van der Waals surface area contributed by atoms with Crippen LogP contribution in [0.15, 0.2) is 15.9 Å². The number of sulfonamides is 1. The molecule has 0 unspecified atom stereocenters. The summed E-state index contributed by atoms with van der Waals surface area (Å²) in [6.45, 7) is 3.39. The summed E-state index contributed by atoms with van der Waals surface area (Å²) in [5.74, 6) is 0.118. The van der Waals surface area contributed by atoms with E-state index in [9.17, 15) is 8.42 Å². The molecular formula is C9H15BrN2O2S2. The lowest BCUT2D eigenvalue weighted by molar-refractivity contribution is 0.579. The first-order chi connectivity index (χ1) is 7.53. The minimum atomic E-state index is -3.10. The summed E-state index contributed by atoms with van der Waals surface area (Å²) in [6.07, 6.45) is 0. The van der Waals surface area contributed by atoms with Gasteiger partial charge in [-0.3, -0.25) is 0 Å². The highest BCUT2D eigenvalue weighted by atomic mass is 79.9. The molecule has 0 aromatic carbocycles. The van der Waals surface area contributed by atoms with Gasteiger partial charge >= 0.3 is 0 Å². The molecule has 1 heterocycles. The highest BCUT2D eigenvalue weighted by Crippen LogP contribution is 2.21. The first-order valence-electron chi connectivity index (χ1n) is 4.96. The lowest BCUT2D eigenvalue weighted by Crippen LogP contribution is -2.31. The number of hydrogen-bond acceptors (Lipinski definition) is 4. The maximum absolute atomic E-state index is 11.3. The van der Waals surface area contributed by atoms with Crippen LogP contribution in [0.4, 0.5) is 0 Å². The monoisotopic (exact) mass is 326 g/mol. The van der Waals surface area contributed by atoms with Crippen LogP contribution in [0.1, 0.15) is 11.8 Å². The fraction of sp³-hybridized carbons (Fsp3) is 0.556. The van der Waals surface area contributed by atoms with E-state index < -0.39 is 10.0 Å². The molecule has 0 atom stereocenters. The Morgan fingerprint density at radius 3 is 2.75 bits per heavy atom. The first-order valence-corrected chi connectivity index (χ1v) is 8.22. The average molecular weight is 327 g/mol. The van der Waals surface area contributed by atoms with Gasteiger partial charge in [0.05, 0.1) is 9.54 Å². The molecule has 1 aromatic rings. The van der Waals surface area contributed by atoms with Crippen LogP contribution in [-0.4, -0.2) is 27.3 Å². The Balaban J connectivity index is 2.22. The third-order valence-corrected chi connectivity index (χ3v) is 4.93. The SMILES string of the molecule is CCNS(=O)(=O)CCNCc1ccc(Br)s1. The molecule has 4 nitrogen and oxygen atoms in total. The van der Waals surface area contributed by atoms with E-state index in [-0.39, 0.29) is 5.75 Å². The van der Waals surface area contributed by atoms with Crippen LogP contribution in [0.2, 0.25) is 0 Å². The summed E-state index contributed by atoms with van der Waals surface area (Å²) >= 11 is 5.02. The molecule has 2 N–H and O–H groups in total. The van der Waals surface area contributed by atoms with E-state index in [1.165, 1.54) is 4.88 Å². The Bertz CT molecular complexity index is 417. The summed E-state index contributed by atoms with van der Waals surface area (Å²) < 4.78 is 26.1. The fourth-order valence-electron chi connectivity index (χ4n) is 1.16. The number of halogens is 1. The summed E-state index contributed by atoms with van der Waals surface area (Å²) in [6, 6.07) is 4.00. The Hall–Kier alpha value is 0.0500. The van der Waals surface area contributed by atoms with Crippen LogP contribution in [-0.2, 0) is 16.6 Å². The molecule has 1 aromatic heterocycles. The smallest absolute Gasteiger partial charge is 0.212 e. The Kier molecular flexibility index (Phi) is 5.91. The summed E-state index contributed by atoms with van der Waals surface area (Å²) in [7, 11) is -3.10. The minimum Gasteiger partial charge on any atom is -0.311 e. The maximum atomic E-state index is 11.3. The second-order valence-electron chi connectivity index (χ2n) is 3.20. The van der Waals surface area contributed by atoms with E-state index in [1.54, 1.807) is 18.3 Å². The molecule has 1 rings (SSSR count). The second kappa shape index (κ2) is 6.70. The molecule has 7 heteroatoms. The van der Waals surface area contributed by atoms with Gasteiger partial charge in [-0.25, -0.2) is 13.1 Å². The quantitative estimate of drug-likeness (QED) is 0.747. The highest BCUT2D eigenvalue weighted by Gasteiger charge is 2.07. The van der Waals surface area contributed by atoms with Crippen molar-refractivity contribution < 1.29 is 8.42 Å². The third-order valence-electron chi connectivity index (χ3n) is 1.84. The van der Waals surface area contributed by atoms with E-state index in [0.29, 0.717) is 19.6 Å². The van der Waals surface area contributed by atoms with Gasteiger partial charge in [0.25, 0.3) is 0 Å². The molecule has 0 amide bonds. The predicted octanol–water partition coefficient (Wildman–Crippen LogP) is 1.54. The summed E-state index contributed by atoms with van der Waals surface area (Å²) in [4.78, 5) is 1.19. The van der Waals surface area contributed by atoms with E-state index in [4.69, 9.17) is 0 Å². The van der Waals surface area contributed by atoms with E-state index in [1.807, 2.05) is 12.1 Å². The molecule has 0 radical (unpaired) electrons. The molecule has 0 saturated carbocycles. The zero-order chi connectivity index (χ0) is 12.0. The van der Waals surface area contributed by atoms with Crippen molar-refractivity contribution in [1.29, 1.82) is 0 Å². The Morgan fingerprint density at radius 1 is 1.44 bits per heavy atom. The van der Waals surface area contributed by atoms with Crippen molar-refractivity contribution in [2.24, 2.45) is 0 Å². The maximum Gasteiger partial charge on any atom is 0.212 e. The molecule has 92 valence electrons. The van der Waals surface area contributed by atoms with Crippen LogP contribution in [0, 0.1) is 0 Å². The average Bonchev–Trinajstić information content (AvgIpc) is 2.59. The standard InChI is InChI=1S/C9H15BrN2O2S2/c1-2-12-16(13,14)6-5-11-7-8-3-4-9(10)15-8/h3-4,11-12H,2,5-7H2,1H3. The van der Waals surface area contributed by atoms with Gasteiger partial charge in [-0.15, -0.1) is 11.3 Å². The van der Waals surface area contributed by atoms with Crippen molar-refractivity contribution in [2.45, 2.75) is 13.5 Å². The van der Waals surface area contributed by atoms with Crippen molar-refractivity contribution in [3.8, 4) is 0 Å². The van der Waals surface area contributed by atoms with Gasteiger partial charge in [-0.1, -0.05) is 6.92 Å². The van der Waals surface area contributed by atoms with Gasteiger partial charge < -0.3 is 5.32 Å². The number of rotatable bonds is 7. The molecule has 0 aliphatic carbocycles. The summed E-state index contributed by atoms with van der Waals surface area (Å²) in [5.41, 5.74) is 0. The van der Waals surface area contributed by atoms with Crippen LogP contribution < -0.4 is 10.0 Å². The van der Waals surface area contributed by atoms with Crippen molar-refractivity contribution in [1.82, 2.24) is 10.0 Å². The topological polar surface area (TPSA) is 58.2 Å². The largest absolute Gasteiger partial charge is 0.311 e. The number of thiophene rings is 1. The van der Waals surface area contributed by atoms with Crippen LogP contribution in [0.25, 0.3) is 0 Å². The highest BCUT2D eigenvalue weighted by molar-refractivity contribution is 9.11. The lowest BCUT2D eigenvalue weighted by Gasteiger charge is -2.05. The van der Waals surface area contributed by atoms with Gasteiger partial charge in [0, 0.05) is 24.5 Å². The van der Waals surface area contributed by atoms with E-state index in [0.717, 1.165) is 3.79 Å². The molecule has 0 aliphatic heterocycles. The Labute approximate surface area is 109 Å².